The molecule has 0 aliphatic heterocycles. The van der Waals surface area contributed by atoms with Crippen molar-refractivity contribution in [3.8, 4) is 0 Å². The van der Waals surface area contributed by atoms with E-state index >= 15 is 0 Å². The number of hydrogen-bond acceptors (Lipinski definition) is 2. The van der Waals surface area contributed by atoms with Gasteiger partial charge >= 0.3 is 0 Å². The minimum Gasteiger partial charge on any atom is -0.352 e. The Labute approximate surface area is 105 Å². The molecule has 0 aromatic heterocycles. The summed E-state index contributed by atoms with van der Waals surface area (Å²) in [6.45, 7) is 7.29. The third-order valence-electron chi connectivity index (χ3n) is 2.69. The molecular weight excluding hydrogens is 216 g/mol. The number of carbonyl (C=O) groups is 2. The minimum absolute atomic E-state index is 0.108. The molecule has 17 heavy (non-hydrogen) atoms. The zero-order chi connectivity index (χ0) is 13.3. The van der Waals surface area contributed by atoms with Crippen LogP contribution in [0.3, 0.4) is 0 Å². The third kappa shape index (κ3) is 8.72. The van der Waals surface area contributed by atoms with Crippen LogP contribution in [-0.4, -0.2) is 23.9 Å². The van der Waals surface area contributed by atoms with Gasteiger partial charge in [-0.25, -0.2) is 0 Å². The van der Waals surface area contributed by atoms with E-state index in [0.717, 1.165) is 12.8 Å². The van der Waals surface area contributed by atoms with Crippen LogP contribution in [0.4, 0.5) is 0 Å². The van der Waals surface area contributed by atoms with Crippen molar-refractivity contribution in [3.63, 3.8) is 0 Å². The highest BCUT2D eigenvalue weighted by atomic mass is 16.2. The second kappa shape index (κ2) is 9.02. The van der Waals surface area contributed by atoms with Crippen LogP contribution in [0.25, 0.3) is 0 Å². The van der Waals surface area contributed by atoms with Gasteiger partial charge in [0.1, 0.15) is 6.04 Å². The van der Waals surface area contributed by atoms with E-state index in [1.807, 2.05) is 6.92 Å². The molecule has 4 nitrogen and oxygen atoms in total. The van der Waals surface area contributed by atoms with Crippen LogP contribution in [-0.2, 0) is 9.59 Å². The third-order valence-corrected chi connectivity index (χ3v) is 2.69. The Bertz CT molecular complexity index is 242. The van der Waals surface area contributed by atoms with Crippen molar-refractivity contribution in [3.05, 3.63) is 0 Å². The summed E-state index contributed by atoms with van der Waals surface area (Å²) in [4.78, 5) is 22.4. The van der Waals surface area contributed by atoms with Crippen molar-refractivity contribution in [2.45, 2.75) is 71.9 Å². The highest BCUT2D eigenvalue weighted by Gasteiger charge is 2.15. The largest absolute Gasteiger partial charge is 0.352 e. The number of carbonyl (C=O) groups excluding carboxylic acids is 2. The fourth-order valence-corrected chi connectivity index (χ4v) is 1.69. The summed E-state index contributed by atoms with van der Waals surface area (Å²) in [6, 6.07) is -0.277. The molecule has 2 unspecified atom stereocenters. The van der Waals surface area contributed by atoms with Crippen LogP contribution in [0.15, 0.2) is 0 Å². The second-order valence-corrected chi connectivity index (χ2v) is 4.68. The minimum atomic E-state index is -0.453. The number of rotatable bonds is 8. The van der Waals surface area contributed by atoms with E-state index in [1.165, 1.54) is 26.2 Å². The van der Waals surface area contributed by atoms with Gasteiger partial charge in [0.25, 0.3) is 0 Å². The molecule has 4 heteroatoms. The maximum atomic E-state index is 11.7. The SMILES string of the molecule is CCCCCCC(C)NC(=O)C(C)NC(C)=O. The van der Waals surface area contributed by atoms with Gasteiger partial charge in [0, 0.05) is 13.0 Å². The lowest BCUT2D eigenvalue weighted by Crippen LogP contribution is -2.46. The molecule has 0 aromatic carbocycles. The molecule has 0 fully saturated rings. The first-order chi connectivity index (χ1) is 7.97. The van der Waals surface area contributed by atoms with Crippen molar-refractivity contribution < 1.29 is 9.59 Å². The van der Waals surface area contributed by atoms with Crippen LogP contribution >= 0.6 is 0 Å². The molecule has 0 saturated heterocycles. The Kier molecular flexibility index (Phi) is 8.46. The van der Waals surface area contributed by atoms with Gasteiger partial charge in [-0.05, 0) is 20.3 Å². The van der Waals surface area contributed by atoms with Crippen molar-refractivity contribution in [2.75, 3.05) is 0 Å². The van der Waals surface area contributed by atoms with Gasteiger partial charge in [-0.2, -0.15) is 0 Å². The van der Waals surface area contributed by atoms with E-state index in [4.69, 9.17) is 0 Å². The van der Waals surface area contributed by atoms with Crippen LogP contribution in [0.1, 0.15) is 59.8 Å². The Morgan fingerprint density at radius 3 is 2.24 bits per heavy atom. The summed E-state index contributed by atoms with van der Waals surface area (Å²) in [7, 11) is 0. The van der Waals surface area contributed by atoms with E-state index < -0.39 is 6.04 Å². The van der Waals surface area contributed by atoms with Gasteiger partial charge in [0.15, 0.2) is 0 Å². The normalized spacial score (nSPS) is 13.9. The smallest absolute Gasteiger partial charge is 0.242 e. The second-order valence-electron chi connectivity index (χ2n) is 4.68. The molecule has 0 rings (SSSR count). The number of nitrogens with one attached hydrogen (secondary N) is 2. The predicted octanol–water partition coefficient (Wildman–Crippen LogP) is 1.99. The van der Waals surface area contributed by atoms with E-state index in [0.29, 0.717) is 0 Å². The molecule has 0 aliphatic rings. The van der Waals surface area contributed by atoms with Gasteiger partial charge < -0.3 is 10.6 Å². The van der Waals surface area contributed by atoms with Crippen molar-refractivity contribution in [1.82, 2.24) is 10.6 Å². The van der Waals surface area contributed by atoms with Gasteiger partial charge in [0.2, 0.25) is 11.8 Å². The molecule has 100 valence electrons. The average Bonchev–Trinajstić information content (AvgIpc) is 2.23. The first-order valence-electron chi connectivity index (χ1n) is 6.54. The molecule has 0 aromatic rings. The maximum absolute atomic E-state index is 11.7. The van der Waals surface area contributed by atoms with Crippen LogP contribution < -0.4 is 10.6 Å². The van der Waals surface area contributed by atoms with E-state index in [1.54, 1.807) is 6.92 Å². The van der Waals surface area contributed by atoms with Gasteiger partial charge in [-0.3, -0.25) is 9.59 Å². The number of unbranched alkanes of at least 4 members (excludes halogenated alkanes) is 3. The van der Waals surface area contributed by atoms with Crippen LogP contribution in [0, 0.1) is 0 Å². The lowest BCUT2D eigenvalue weighted by molar-refractivity contribution is -0.128. The van der Waals surface area contributed by atoms with Crippen LogP contribution in [0.2, 0.25) is 0 Å². The standard InChI is InChI=1S/C13H26N2O2/c1-5-6-7-8-9-10(2)14-13(17)11(3)15-12(4)16/h10-11H,5-9H2,1-4H3,(H,14,17)(H,15,16). The zero-order valence-electron chi connectivity index (χ0n) is 11.5. The Hall–Kier alpha value is -1.06. The summed E-state index contributed by atoms with van der Waals surface area (Å²) in [6.07, 6.45) is 5.84. The highest BCUT2D eigenvalue weighted by molar-refractivity contribution is 5.86. The van der Waals surface area contributed by atoms with Crippen molar-refractivity contribution in [1.29, 1.82) is 0 Å². The molecule has 0 bridgehead atoms. The molecule has 0 radical (unpaired) electrons. The summed E-state index contributed by atoms with van der Waals surface area (Å²) in [5.74, 6) is -0.286. The first kappa shape index (κ1) is 15.9. The maximum Gasteiger partial charge on any atom is 0.242 e. The molecule has 0 spiro atoms. The number of amides is 2. The topological polar surface area (TPSA) is 58.2 Å². The van der Waals surface area contributed by atoms with Crippen LogP contribution in [0.5, 0.6) is 0 Å². The van der Waals surface area contributed by atoms with E-state index in [9.17, 15) is 9.59 Å². The first-order valence-corrected chi connectivity index (χ1v) is 6.54. The molecule has 2 atom stereocenters. The summed E-state index contributed by atoms with van der Waals surface area (Å²) < 4.78 is 0. The van der Waals surface area contributed by atoms with Crippen molar-refractivity contribution >= 4 is 11.8 Å². The monoisotopic (exact) mass is 242 g/mol. The Morgan fingerprint density at radius 1 is 1.06 bits per heavy atom. The average molecular weight is 242 g/mol. The molecule has 0 heterocycles. The van der Waals surface area contributed by atoms with Gasteiger partial charge in [-0.1, -0.05) is 32.6 Å². The Morgan fingerprint density at radius 2 is 1.71 bits per heavy atom. The lowest BCUT2D eigenvalue weighted by Gasteiger charge is -2.17. The molecular formula is C13H26N2O2. The fraction of sp³-hybridized carbons (Fsp3) is 0.846. The van der Waals surface area contributed by atoms with Gasteiger partial charge in [0.05, 0.1) is 0 Å². The molecule has 2 amide bonds. The number of hydrogen-bond donors (Lipinski definition) is 2. The lowest BCUT2D eigenvalue weighted by atomic mass is 10.1. The fourth-order valence-electron chi connectivity index (χ4n) is 1.69. The molecule has 0 saturated carbocycles. The summed E-state index contributed by atoms with van der Waals surface area (Å²) in [5, 5.41) is 5.48. The zero-order valence-corrected chi connectivity index (χ0v) is 11.5. The van der Waals surface area contributed by atoms with E-state index in [-0.39, 0.29) is 17.9 Å². The van der Waals surface area contributed by atoms with Gasteiger partial charge in [-0.15, -0.1) is 0 Å². The van der Waals surface area contributed by atoms with E-state index in [2.05, 4.69) is 17.6 Å². The Balaban J connectivity index is 3.75. The predicted molar refractivity (Wildman–Crippen MR) is 69.6 cm³/mol. The quantitative estimate of drug-likeness (QED) is 0.639. The summed E-state index contributed by atoms with van der Waals surface area (Å²) in [5.41, 5.74) is 0. The molecule has 0 aliphatic carbocycles. The van der Waals surface area contributed by atoms with Crippen molar-refractivity contribution in [2.24, 2.45) is 0 Å². The molecule has 2 N–H and O–H groups in total. The highest BCUT2D eigenvalue weighted by Crippen LogP contribution is 2.05. The summed E-state index contributed by atoms with van der Waals surface area (Å²) >= 11 is 0.